The van der Waals surface area contributed by atoms with Gasteiger partial charge < -0.3 is 10.1 Å². The second-order valence-corrected chi connectivity index (χ2v) is 10.4. The number of sulfonamides is 1. The van der Waals surface area contributed by atoms with E-state index in [1.807, 2.05) is 0 Å². The van der Waals surface area contributed by atoms with Crippen molar-refractivity contribution in [3.8, 4) is 0 Å². The fourth-order valence-corrected chi connectivity index (χ4v) is 6.52. The third-order valence-corrected chi connectivity index (χ3v) is 7.41. The number of primary sulfonamides is 1. The number of amides is 1. The first-order chi connectivity index (χ1) is 13.2. The lowest BCUT2D eigenvalue weighted by molar-refractivity contribution is -0.154. The second-order valence-electron chi connectivity index (χ2n) is 8.88. The number of nitrogens with two attached hydrogens (primary N) is 1. The van der Waals surface area contributed by atoms with Crippen LogP contribution in [0.5, 0.6) is 0 Å². The van der Waals surface area contributed by atoms with Crippen molar-refractivity contribution in [1.29, 1.82) is 0 Å². The maximum absolute atomic E-state index is 12.4. The molecule has 3 N–H and O–H groups in total. The summed E-state index contributed by atoms with van der Waals surface area (Å²) in [6, 6.07) is 5.64. The molecule has 1 amide bonds. The van der Waals surface area contributed by atoms with E-state index in [9.17, 15) is 18.0 Å². The van der Waals surface area contributed by atoms with Crippen molar-refractivity contribution in [2.24, 2.45) is 28.3 Å². The number of hydrogen-bond acceptors (Lipinski definition) is 5. The molecule has 0 unspecified atom stereocenters. The molecule has 0 saturated heterocycles. The quantitative estimate of drug-likeness (QED) is 0.704. The third-order valence-electron chi connectivity index (χ3n) is 6.49. The van der Waals surface area contributed by atoms with E-state index in [1.54, 1.807) is 6.07 Å². The molecular weight excluding hydrogens is 380 g/mol. The van der Waals surface area contributed by atoms with E-state index in [4.69, 9.17) is 9.88 Å². The van der Waals surface area contributed by atoms with Gasteiger partial charge in [-0.3, -0.25) is 9.59 Å². The Morgan fingerprint density at radius 2 is 1.71 bits per heavy atom. The lowest BCUT2D eigenvalue weighted by atomic mass is 9.49. The highest BCUT2D eigenvalue weighted by Gasteiger charge is 2.51. The number of anilines is 1. The highest BCUT2D eigenvalue weighted by molar-refractivity contribution is 7.89. The maximum Gasteiger partial charge on any atom is 0.306 e. The van der Waals surface area contributed by atoms with Crippen LogP contribution in [-0.2, 0) is 24.3 Å². The van der Waals surface area contributed by atoms with Gasteiger partial charge in [0.15, 0.2) is 6.61 Å². The Kier molecular flexibility index (Phi) is 4.95. The van der Waals surface area contributed by atoms with Gasteiger partial charge in [-0.25, -0.2) is 13.6 Å². The number of ether oxygens (including phenoxy) is 1. The third kappa shape index (κ3) is 4.22. The molecule has 0 heterocycles. The van der Waals surface area contributed by atoms with Gasteiger partial charge in [0.2, 0.25) is 10.0 Å². The van der Waals surface area contributed by atoms with Crippen molar-refractivity contribution in [3.05, 3.63) is 24.3 Å². The Labute approximate surface area is 165 Å². The topological polar surface area (TPSA) is 116 Å². The predicted molar refractivity (Wildman–Crippen MR) is 103 cm³/mol. The Bertz CT molecular complexity index is 860. The molecule has 0 radical (unpaired) electrons. The Balaban J connectivity index is 1.29. The summed E-state index contributed by atoms with van der Waals surface area (Å²) in [7, 11) is -3.85. The Hall–Kier alpha value is -1.93. The molecule has 0 aromatic heterocycles. The van der Waals surface area contributed by atoms with E-state index in [-0.39, 0.29) is 28.6 Å². The summed E-state index contributed by atoms with van der Waals surface area (Å²) >= 11 is 0. The predicted octanol–water partition coefficient (Wildman–Crippen LogP) is 2.42. The number of rotatable bonds is 6. The van der Waals surface area contributed by atoms with Crippen molar-refractivity contribution >= 4 is 27.6 Å². The highest BCUT2D eigenvalue weighted by Crippen LogP contribution is 2.61. The van der Waals surface area contributed by atoms with Crippen molar-refractivity contribution < 1.29 is 22.7 Å². The maximum atomic E-state index is 12.4. The van der Waals surface area contributed by atoms with Gasteiger partial charge in [0.25, 0.3) is 5.91 Å². The van der Waals surface area contributed by atoms with Crippen LogP contribution >= 0.6 is 0 Å². The van der Waals surface area contributed by atoms with Crippen LogP contribution in [0.4, 0.5) is 5.69 Å². The molecule has 7 nitrogen and oxygen atoms in total. The number of esters is 1. The SMILES string of the molecule is NS(=O)(=O)c1cccc(NC(=O)COC(=O)CC23CC4CC(CC(C4)C2)C3)c1. The molecule has 8 heteroatoms. The fourth-order valence-electron chi connectivity index (χ4n) is 5.96. The lowest BCUT2D eigenvalue weighted by Gasteiger charge is -2.56. The smallest absolute Gasteiger partial charge is 0.306 e. The summed E-state index contributed by atoms with van der Waals surface area (Å²) in [6.45, 7) is -0.384. The number of nitrogens with one attached hydrogen (secondary N) is 1. The zero-order chi connectivity index (χ0) is 19.9. The van der Waals surface area contributed by atoms with Crippen LogP contribution in [0.1, 0.15) is 44.9 Å². The zero-order valence-electron chi connectivity index (χ0n) is 15.7. The first-order valence-corrected chi connectivity index (χ1v) is 11.3. The van der Waals surface area contributed by atoms with Crippen LogP contribution in [0.3, 0.4) is 0 Å². The van der Waals surface area contributed by atoms with Crippen LogP contribution in [0, 0.1) is 23.2 Å². The monoisotopic (exact) mass is 406 g/mol. The molecule has 0 atom stereocenters. The molecule has 5 rings (SSSR count). The first kappa shape index (κ1) is 19.4. The van der Waals surface area contributed by atoms with Crippen molar-refractivity contribution in [3.63, 3.8) is 0 Å². The Morgan fingerprint density at radius 3 is 2.29 bits per heavy atom. The number of carbonyl (C=O) groups is 2. The zero-order valence-corrected chi connectivity index (χ0v) is 16.5. The number of hydrogen-bond donors (Lipinski definition) is 2. The average molecular weight is 407 g/mol. The van der Waals surface area contributed by atoms with Gasteiger partial charge in [-0.15, -0.1) is 0 Å². The normalized spacial score (nSPS) is 30.8. The molecule has 4 fully saturated rings. The van der Waals surface area contributed by atoms with Gasteiger partial charge in [-0.05, 0) is 79.9 Å². The van der Waals surface area contributed by atoms with E-state index < -0.39 is 15.9 Å². The summed E-state index contributed by atoms with van der Waals surface area (Å²) < 4.78 is 28.0. The van der Waals surface area contributed by atoms with Gasteiger partial charge in [0.05, 0.1) is 11.3 Å². The second kappa shape index (κ2) is 7.15. The molecule has 1 aromatic rings. The van der Waals surface area contributed by atoms with Crippen LogP contribution in [-0.4, -0.2) is 26.9 Å². The molecule has 4 bridgehead atoms. The summed E-state index contributed by atoms with van der Waals surface area (Å²) in [5, 5.41) is 7.62. The summed E-state index contributed by atoms with van der Waals surface area (Å²) in [5.41, 5.74) is 0.361. The molecule has 0 aliphatic heterocycles. The molecular formula is C20H26N2O5S. The van der Waals surface area contributed by atoms with Crippen LogP contribution in [0.25, 0.3) is 0 Å². The average Bonchev–Trinajstić information content (AvgIpc) is 2.58. The summed E-state index contributed by atoms with van der Waals surface area (Å²) in [5.74, 6) is 1.44. The van der Waals surface area contributed by atoms with Crippen molar-refractivity contribution in [2.75, 3.05) is 11.9 Å². The van der Waals surface area contributed by atoms with Crippen LogP contribution < -0.4 is 10.5 Å². The summed E-state index contributed by atoms with van der Waals surface area (Å²) in [4.78, 5) is 24.4. The summed E-state index contributed by atoms with van der Waals surface area (Å²) in [6.07, 6.45) is 7.67. The van der Waals surface area contributed by atoms with Gasteiger partial charge >= 0.3 is 5.97 Å². The van der Waals surface area contributed by atoms with Gasteiger partial charge in [-0.2, -0.15) is 0 Å². The van der Waals surface area contributed by atoms with E-state index in [0.29, 0.717) is 6.42 Å². The molecule has 1 aromatic carbocycles. The molecule has 152 valence electrons. The number of benzene rings is 1. The Morgan fingerprint density at radius 1 is 1.11 bits per heavy atom. The standard InChI is InChI=1S/C20H26N2O5S/c21-28(25,26)17-3-1-2-16(7-17)22-18(23)12-27-19(24)11-20-8-13-4-14(9-20)6-15(5-13)10-20/h1-3,7,13-15H,4-6,8-12H2,(H,22,23)(H2,21,25,26). The van der Waals surface area contributed by atoms with Gasteiger partial charge in [-0.1, -0.05) is 6.07 Å². The van der Waals surface area contributed by atoms with Crippen LogP contribution in [0.15, 0.2) is 29.2 Å². The minimum atomic E-state index is -3.85. The first-order valence-electron chi connectivity index (χ1n) is 9.79. The van der Waals surface area contributed by atoms with Gasteiger partial charge in [0.1, 0.15) is 0 Å². The van der Waals surface area contributed by atoms with E-state index in [2.05, 4.69) is 5.32 Å². The van der Waals surface area contributed by atoms with Crippen LogP contribution in [0.2, 0.25) is 0 Å². The minimum Gasteiger partial charge on any atom is -0.456 e. The van der Waals surface area contributed by atoms with Crippen molar-refractivity contribution in [2.45, 2.75) is 49.8 Å². The van der Waals surface area contributed by atoms with Crippen molar-refractivity contribution in [1.82, 2.24) is 0 Å². The van der Waals surface area contributed by atoms with E-state index >= 15 is 0 Å². The van der Waals surface area contributed by atoms with E-state index in [1.165, 1.54) is 37.5 Å². The highest BCUT2D eigenvalue weighted by atomic mass is 32.2. The lowest BCUT2D eigenvalue weighted by Crippen LogP contribution is -2.47. The van der Waals surface area contributed by atoms with E-state index in [0.717, 1.165) is 37.0 Å². The molecule has 4 aliphatic rings. The molecule has 28 heavy (non-hydrogen) atoms. The molecule has 4 saturated carbocycles. The number of carbonyl (C=O) groups excluding carboxylic acids is 2. The molecule has 0 spiro atoms. The largest absolute Gasteiger partial charge is 0.456 e. The minimum absolute atomic E-state index is 0.0755. The molecule has 4 aliphatic carbocycles. The fraction of sp³-hybridized carbons (Fsp3) is 0.600. The van der Waals surface area contributed by atoms with Gasteiger partial charge in [0, 0.05) is 5.69 Å².